The highest BCUT2D eigenvalue weighted by atomic mass is 32.2. The highest BCUT2D eigenvalue weighted by molar-refractivity contribution is 7.98. The summed E-state index contributed by atoms with van der Waals surface area (Å²) in [6, 6.07) is 18.5. The first-order valence-electron chi connectivity index (χ1n) is 10.6. The molecule has 4 rings (SSSR count). The molecular formula is C25H25N3O2S2. The van der Waals surface area contributed by atoms with Crippen LogP contribution in [0.3, 0.4) is 0 Å². The third-order valence-electron chi connectivity index (χ3n) is 5.01. The number of aromatic nitrogens is 2. The second kappa shape index (κ2) is 10.1. The lowest BCUT2D eigenvalue weighted by Gasteiger charge is -2.11. The Hall–Kier alpha value is -2.90. The van der Waals surface area contributed by atoms with E-state index in [0.717, 1.165) is 44.4 Å². The summed E-state index contributed by atoms with van der Waals surface area (Å²) in [5.74, 6) is 1.76. The largest absolute Gasteiger partial charge is 0.462 e. The number of thiophene rings is 1. The van der Waals surface area contributed by atoms with Crippen molar-refractivity contribution in [3.63, 3.8) is 0 Å². The Bertz CT molecular complexity index is 1240. The van der Waals surface area contributed by atoms with Gasteiger partial charge in [0.1, 0.15) is 21.3 Å². The number of benzene rings is 2. The molecule has 4 aromatic rings. The number of aryl methyl sites for hydroxylation is 2. The van der Waals surface area contributed by atoms with Gasteiger partial charge in [-0.15, -0.1) is 23.1 Å². The van der Waals surface area contributed by atoms with Crippen molar-refractivity contribution in [1.82, 2.24) is 9.97 Å². The Kier molecular flexibility index (Phi) is 7.07. The number of ether oxygens (including phenoxy) is 1. The van der Waals surface area contributed by atoms with Gasteiger partial charge in [0.2, 0.25) is 0 Å². The van der Waals surface area contributed by atoms with Crippen LogP contribution < -0.4 is 5.32 Å². The number of anilines is 2. The van der Waals surface area contributed by atoms with Crippen molar-refractivity contribution in [2.75, 3.05) is 11.9 Å². The molecule has 0 unspecified atom stereocenters. The van der Waals surface area contributed by atoms with Gasteiger partial charge in [0.25, 0.3) is 0 Å². The molecule has 0 saturated heterocycles. The maximum Gasteiger partial charge on any atom is 0.348 e. The first-order chi connectivity index (χ1) is 15.6. The Balaban J connectivity index is 1.75. The third kappa shape index (κ3) is 4.95. The quantitative estimate of drug-likeness (QED) is 0.230. The van der Waals surface area contributed by atoms with Crippen LogP contribution in [0.15, 0.2) is 59.5 Å². The number of nitrogens with zero attached hydrogens (tertiary/aromatic N) is 2. The number of rotatable bonds is 8. The number of thioether (sulfide) groups is 1. The Morgan fingerprint density at radius 2 is 1.91 bits per heavy atom. The van der Waals surface area contributed by atoms with Crippen LogP contribution in [0.2, 0.25) is 0 Å². The SMILES string of the molecule is CCOC(=O)c1sc2nc(CSc3ccccc3)nc(Nc3cccc(CC)c3)c2c1C. The van der Waals surface area contributed by atoms with Gasteiger partial charge in [-0.3, -0.25) is 0 Å². The number of hydrogen-bond donors (Lipinski definition) is 1. The minimum absolute atomic E-state index is 0.313. The van der Waals surface area contributed by atoms with Gasteiger partial charge in [0, 0.05) is 10.6 Å². The van der Waals surface area contributed by atoms with Crippen molar-refractivity contribution < 1.29 is 9.53 Å². The first kappa shape index (κ1) is 22.3. The molecule has 0 spiro atoms. The number of carbonyl (C=O) groups is 1. The summed E-state index contributed by atoms with van der Waals surface area (Å²) in [5, 5.41) is 4.35. The number of esters is 1. The molecule has 0 amide bonds. The Morgan fingerprint density at radius 1 is 1.09 bits per heavy atom. The molecule has 32 heavy (non-hydrogen) atoms. The highest BCUT2D eigenvalue weighted by Gasteiger charge is 2.21. The normalized spacial score (nSPS) is 11.0. The zero-order valence-corrected chi connectivity index (χ0v) is 20.0. The molecular weight excluding hydrogens is 438 g/mol. The van der Waals surface area contributed by atoms with Gasteiger partial charge in [-0.25, -0.2) is 14.8 Å². The van der Waals surface area contributed by atoms with E-state index in [4.69, 9.17) is 14.7 Å². The van der Waals surface area contributed by atoms with Crippen molar-refractivity contribution in [3.8, 4) is 0 Å². The van der Waals surface area contributed by atoms with E-state index in [2.05, 4.69) is 36.5 Å². The molecule has 0 fully saturated rings. The predicted molar refractivity (Wildman–Crippen MR) is 133 cm³/mol. The van der Waals surface area contributed by atoms with E-state index in [-0.39, 0.29) is 5.97 Å². The van der Waals surface area contributed by atoms with Crippen LogP contribution in [0.25, 0.3) is 10.2 Å². The standard InChI is InChI=1S/C25H25N3O2S2/c1-4-17-10-9-11-18(14-17)26-23-21-16(3)22(25(29)30-5-2)32-24(21)28-20(27-23)15-31-19-12-7-6-8-13-19/h6-14H,4-5,15H2,1-3H3,(H,26,27,28). The highest BCUT2D eigenvalue weighted by Crippen LogP contribution is 2.36. The molecule has 164 valence electrons. The fourth-order valence-corrected chi connectivity index (χ4v) is 5.27. The van der Waals surface area contributed by atoms with Crippen molar-refractivity contribution in [2.45, 2.75) is 37.8 Å². The van der Waals surface area contributed by atoms with Crippen LogP contribution in [0.1, 0.15) is 40.5 Å². The smallest absolute Gasteiger partial charge is 0.348 e. The van der Waals surface area contributed by atoms with E-state index in [0.29, 0.717) is 17.2 Å². The van der Waals surface area contributed by atoms with Crippen molar-refractivity contribution in [1.29, 1.82) is 0 Å². The first-order valence-corrected chi connectivity index (χ1v) is 12.4. The van der Waals surface area contributed by atoms with Crippen molar-refractivity contribution in [3.05, 3.63) is 76.4 Å². The topological polar surface area (TPSA) is 64.1 Å². The third-order valence-corrected chi connectivity index (χ3v) is 7.18. The monoisotopic (exact) mass is 463 g/mol. The lowest BCUT2D eigenvalue weighted by molar-refractivity contribution is 0.0531. The average Bonchev–Trinajstić information content (AvgIpc) is 3.15. The fourth-order valence-electron chi connectivity index (χ4n) is 3.40. The van der Waals surface area contributed by atoms with Crippen LogP contribution in [0.5, 0.6) is 0 Å². The number of nitrogens with one attached hydrogen (secondary N) is 1. The van der Waals surface area contributed by atoms with E-state index in [9.17, 15) is 4.79 Å². The van der Waals surface area contributed by atoms with Gasteiger partial charge in [0.05, 0.1) is 17.7 Å². The fraction of sp³-hybridized carbons (Fsp3) is 0.240. The summed E-state index contributed by atoms with van der Waals surface area (Å²) >= 11 is 3.05. The van der Waals surface area contributed by atoms with E-state index in [1.54, 1.807) is 11.8 Å². The molecule has 2 heterocycles. The zero-order chi connectivity index (χ0) is 22.5. The maximum atomic E-state index is 12.5. The zero-order valence-electron chi connectivity index (χ0n) is 18.3. The molecule has 0 radical (unpaired) electrons. The number of hydrogen-bond acceptors (Lipinski definition) is 7. The molecule has 0 aliphatic carbocycles. The summed E-state index contributed by atoms with van der Waals surface area (Å²) in [5.41, 5.74) is 3.06. The van der Waals surface area contributed by atoms with Gasteiger partial charge in [-0.05, 0) is 55.7 Å². The van der Waals surface area contributed by atoms with E-state index in [1.165, 1.54) is 16.9 Å². The molecule has 7 heteroatoms. The molecule has 0 aliphatic heterocycles. The van der Waals surface area contributed by atoms with Gasteiger partial charge in [-0.1, -0.05) is 37.3 Å². The van der Waals surface area contributed by atoms with Crippen LogP contribution >= 0.6 is 23.1 Å². The minimum atomic E-state index is -0.313. The van der Waals surface area contributed by atoms with Crippen LogP contribution in [-0.2, 0) is 16.9 Å². The molecule has 0 aliphatic rings. The number of carbonyl (C=O) groups excluding carboxylic acids is 1. The van der Waals surface area contributed by atoms with Crippen LogP contribution in [0, 0.1) is 6.92 Å². The molecule has 1 N–H and O–H groups in total. The second-order valence-electron chi connectivity index (χ2n) is 7.23. The van der Waals surface area contributed by atoms with E-state index in [1.807, 2.05) is 44.2 Å². The van der Waals surface area contributed by atoms with Gasteiger partial charge in [-0.2, -0.15) is 0 Å². The molecule has 0 bridgehead atoms. The lowest BCUT2D eigenvalue weighted by Crippen LogP contribution is -2.04. The summed E-state index contributed by atoms with van der Waals surface area (Å²) < 4.78 is 5.26. The Morgan fingerprint density at radius 3 is 2.66 bits per heavy atom. The van der Waals surface area contributed by atoms with Gasteiger partial charge < -0.3 is 10.1 Å². The Labute approximate surface area is 196 Å². The van der Waals surface area contributed by atoms with Crippen molar-refractivity contribution in [2.24, 2.45) is 0 Å². The van der Waals surface area contributed by atoms with Crippen molar-refractivity contribution >= 4 is 50.8 Å². The lowest BCUT2D eigenvalue weighted by atomic mass is 10.1. The summed E-state index contributed by atoms with van der Waals surface area (Å²) in [6.07, 6.45) is 0.957. The molecule has 5 nitrogen and oxygen atoms in total. The van der Waals surface area contributed by atoms with Crippen LogP contribution in [-0.4, -0.2) is 22.5 Å². The summed E-state index contributed by atoms with van der Waals surface area (Å²) in [4.78, 5) is 24.7. The van der Waals surface area contributed by atoms with Crippen LogP contribution in [0.4, 0.5) is 11.5 Å². The molecule has 2 aromatic carbocycles. The van der Waals surface area contributed by atoms with Gasteiger partial charge in [0.15, 0.2) is 0 Å². The predicted octanol–water partition coefficient (Wildman–Crippen LogP) is 6.77. The minimum Gasteiger partial charge on any atom is -0.462 e. The van der Waals surface area contributed by atoms with E-state index >= 15 is 0 Å². The van der Waals surface area contributed by atoms with E-state index < -0.39 is 0 Å². The summed E-state index contributed by atoms with van der Waals surface area (Å²) in [7, 11) is 0. The van der Waals surface area contributed by atoms with Gasteiger partial charge >= 0.3 is 5.97 Å². The molecule has 0 atom stereocenters. The molecule has 2 aromatic heterocycles. The maximum absolute atomic E-state index is 12.5. The average molecular weight is 464 g/mol. The second-order valence-corrected chi connectivity index (χ2v) is 9.27. The number of fused-ring (bicyclic) bond motifs is 1. The molecule has 0 saturated carbocycles. The summed E-state index contributed by atoms with van der Waals surface area (Å²) in [6.45, 7) is 6.22.